The lowest BCUT2D eigenvalue weighted by molar-refractivity contribution is 0.245. The number of carbonyl (C=O) groups excluding carboxylic acids is 1. The molecule has 1 atom stereocenters. The number of piperidine rings is 1. The van der Waals surface area contributed by atoms with E-state index in [0.29, 0.717) is 5.13 Å². The Bertz CT molecular complexity index is 562. The summed E-state index contributed by atoms with van der Waals surface area (Å²) in [6, 6.07) is 3.93. The number of hydrogen-bond donors (Lipinski definition) is 3. The Morgan fingerprint density at radius 3 is 3.15 bits per heavy atom. The number of nitrogens with zero attached hydrogens (tertiary/aromatic N) is 2. The first-order valence-corrected chi connectivity index (χ1v) is 8.16. The number of rotatable bonds is 3. The van der Waals surface area contributed by atoms with Crippen molar-refractivity contribution in [3.63, 3.8) is 0 Å². The zero-order chi connectivity index (χ0) is 13.8. The zero-order valence-corrected chi connectivity index (χ0v) is 12.4. The Hall–Kier alpha value is -1.51. The van der Waals surface area contributed by atoms with Gasteiger partial charge >= 0.3 is 6.03 Å². The van der Waals surface area contributed by atoms with Crippen LogP contribution in [0.2, 0.25) is 0 Å². The molecule has 8 heteroatoms. The molecule has 0 spiro atoms. The summed E-state index contributed by atoms with van der Waals surface area (Å²) in [4.78, 5) is 12.9. The number of carbonyl (C=O) groups is 1. The van der Waals surface area contributed by atoms with Gasteiger partial charge < -0.3 is 10.6 Å². The third kappa shape index (κ3) is 3.33. The second-order valence-electron chi connectivity index (χ2n) is 4.53. The topological polar surface area (TPSA) is 78.9 Å². The summed E-state index contributed by atoms with van der Waals surface area (Å²) < 4.78 is 0. The van der Waals surface area contributed by atoms with E-state index in [1.165, 1.54) is 11.3 Å². The van der Waals surface area contributed by atoms with Gasteiger partial charge in [0.2, 0.25) is 5.13 Å². The number of thiophene rings is 1. The maximum atomic E-state index is 11.9. The van der Waals surface area contributed by atoms with Gasteiger partial charge in [-0.3, -0.25) is 5.32 Å². The fraction of sp³-hybridized carbons (Fsp3) is 0.417. The normalized spacial score (nSPS) is 18.7. The minimum atomic E-state index is -0.215. The van der Waals surface area contributed by atoms with Crippen LogP contribution in [0, 0.1) is 0 Å². The van der Waals surface area contributed by atoms with Crippen molar-refractivity contribution in [2.45, 2.75) is 18.9 Å². The molecule has 1 fully saturated rings. The molecule has 1 saturated heterocycles. The van der Waals surface area contributed by atoms with E-state index in [9.17, 15) is 4.79 Å². The first-order valence-electron chi connectivity index (χ1n) is 6.47. The van der Waals surface area contributed by atoms with E-state index < -0.39 is 0 Å². The van der Waals surface area contributed by atoms with Crippen LogP contribution in [0.3, 0.4) is 0 Å². The molecule has 2 aromatic heterocycles. The predicted octanol–water partition coefficient (Wildman–Crippen LogP) is 2.14. The van der Waals surface area contributed by atoms with Crippen LogP contribution in [0.1, 0.15) is 12.8 Å². The van der Waals surface area contributed by atoms with Gasteiger partial charge in [-0.05, 0) is 30.8 Å². The van der Waals surface area contributed by atoms with E-state index in [-0.39, 0.29) is 12.1 Å². The van der Waals surface area contributed by atoms with Gasteiger partial charge in [-0.2, -0.15) is 0 Å². The van der Waals surface area contributed by atoms with Crippen molar-refractivity contribution >= 4 is 33.8 Å². The van der Waals surface area contributed by atoms with Crippen molar-refractivity contribution in [2.24, 2.45) is 0 Å². The molecule has 1 aliphatic heterocycles. The van der Waals surface area contributed by atoms with Crippen molar-refractivity contribution < 1.29 is 4.79 Å². The van der Waals surface area contributed by atoms with Crippen molar-refractivity contribution in [2.75, 3.05) is 18.4 Å². The van der Waals surface area contributed by atoms with E-state index >= 15 is 0 Å². The number of urea groups is 1. The fourth-order valence-electron chi connectivity index (χ4n) is 2.07. The third-order valence-electron chi connectivity index (χ3n) is 3.01. The van der Waals surface area contributed by atoms with Crippen LogP contribution < -0.4 is 16.0 Å². The van der Waals surface area contributed by atoms with E-state index in [1.54, 1.807) is 11.3 Å². The summed E-state index contributed by atoms with van der Waals surface area (Å²) in [5, 5.41) is 20.4. The quantitative estimate of drug-likeness (QED) is 0.811. The molecule has 3 heterocycles. The van der Waals surface area contributed by atoms with Crippen LogP contribution in [0.4, 0.5) is 9.93 Å². The zero-order valence-electron chi connectivity index (χ0n) is 10.8. The van der Waals surface area contributed by atoms with Gasteiger partial charge in [0.05, 0.1) is 4.88 Å². The molecule has 0 aliphatic carbocycles. The Morgan fingerprint density at radius 2 is 2.40 bits per heavy atom. The van der Waals surface area contributed by atoms with Gasteiger partial charge in [0.25, 0.3) is 0 Å². The molecule has 0 saturated carbocycles. The first kappa shape index (κ1) is 13.5. The van der Waals surface area contributed by atoms with Crippen LogP contribution in [-0.4, -0.2) is 35.4 Å². The Balaban J connectivity index is 1.56. The number of anilines is 1. The molecule has 2 aromatic rings. The maximum absolute atomic E-state index is 11.9. The summed E-state index contributed by atoms with van der Waals surface area (Å²) in [5.74, 6) is 0. The maximum Gasteiger partial charge on any atom is 0.321 e. The standard InChI is InChI=1S/C12H15N5OS2/c18-11(14-8-3-1-5-13-7-8)15-12-17-16-10(20-12)9-4-2-6-19-9/h2,4,6,8,13H,1,3,5,7H2,(H2,14,15,17,18)/t8-/m0/s1. The monoisotopic (exact) mass is 309 g/mol. The average molecular weight is 309 g/mol. The molecule has 106 valence electrons. The SMILES string of the molecule is O=C(Nc1nnc(-c2cccs2)s1)N[C@H]1CCCNC1. The van der Waals surface area contributed by atoms with Gasteiger partial charge in [0.1, 0.15) is 0 Å². The molecule has 6 nitrogen and oxygen atoms in total. The van der Waals surface area contributed by atoms with E-state index in [0.717, 1.165) is 35.8 Å². The highest BCUT2D eigenvalue weighted by Crippen LogP contribution is 2.29. The lowest BCUT2D eigenvalue weighted by atomic mass is 10.1. The van der Waals surface area contributed by atoms with Crippen molar-refractivity contribution in [1.82, 2.24) is 20.8 Å². The van der Waals surface area contributed by atoms with Crippen molar-refractivity contribution in [1.29, 1.82) is 0 Å². The van der Waals surface area contributed by atoms with E-state index in [4.69, 9.17) is 0 Å². The highest BCUT2D eigenvalue weighted by Gasteiger charge is 2.16. The molecular formula is C12H15N5OS2. The lowest BCUT2D eigenvalue weighted by Gasteiger charge is -2.23. The summed E-state index contributed by atoms with van der Waals surface area (Å²) in [5.41, 5.74) is 0. The first-order chi connectivity index (χ1) is 9.81. The number of amides is 2. The second-order valence-corrected chi connectivity index (χ2v) is 6.46. The van der Waals surface area contributed by atoms with Gasteiger partial charge in [-0.25, -0.2) is 4.79 Å². The summed E-state index contributed by atoms with van der Waals surface area (Å²) >= 11 is 2.99. The highest BCUT2D eigenvalue weighted by molar-refractivity contribution is 7.23. The summed E-state index contributed by atoms with van der Waals surface area (Å²) in [6.45, 7) is 1.85. The van der Waals surface area contributed by atoms with E-state index in [1.807, 2.05) is 17.5 Å². The van der Waals surface area contributed by atoms with Crippen LogP contribution in [0.5, 0.6) is 0 Å². The summed E-state index contributed by atoms with van der Waals surface area (Å²) in [6.07, 6.45) is 2.10. The van der Waals surface area contributed by atoms with Crippen LogP contribution in [0.25, 0.3) is 9.88 Å². The fourth-order valence-corrected chi connectivity index (χ4v) is 3.60. The molecule has 20 heavy (non-hydrogen) atoms. The molecule has 2 amide bonds. The van der Waals surface area contributed by atoms with E-state index in [2.05, 4.69) is 26.1 Å². The van der Waals surface area contributed by atoms with Crippen LogP contribution in [-0.2, 0) is 0 Å². The summed E-state index contributed by atoms with van der Waals surface area (Å²) in [7, 11) is 0. The molecule has 3 rings (SSSR count). The third-order valence-corrected chi connectivity index (χ3v) is 4.89. The molecular weight excluding hydrogens is 294 g/mol. The van der Waals surface area contributed by atoms with Crippen LogP contribution >= 0.6 is 22.7 Å². The second kappa shape index (κ2) is 6.29. The smallest absolute Gasteiger partial charge is 0.321 e. The van der Waals surface area contributed by atoms with Crippen LogP contribution in [0.15, 0.2) is 17.5 Å². The minimum Gasteiger partial charge on any atom is -0.334 e. The Morgan fingerprint density at radius 1 is 1.45 bits per heavy atom. The lowest BCUT2D eigenvalue weighted by Crippen LogP contribution is -2.47. The molecule has 0 bridgehead atoms. The predicted molar refractivity (Wildman–Crippen MR) is 81.3 cm³/mol. The number of hydrogen-bond acceptors (Lipinski definition) is 6. The highest BCUT2D eigenvalue weighted by atomic mass is 32.1. The molecule has 0 radical (unpaired) electrons. The largest absolute Gasteiger partial charge is 0.334 e. The minimum absolute atomic E-state index is 0.188. The number of aromatic nitrogens is 2. The van der Waals surface area contributed by atoms with Gasteiger partial charge in [0.15, 0.2) is 5.01 Å². The molecule has 0 aromatic carbocycles. The Labute approximate surface area is 124 Å². The van der Waals surface area contributed by atoms with Crippen molar-refractivity contribution in [3.8, 4) is 9.88 Å². The molecule has 3 N–H and O–H groups in total. The molecule has 1 aliphatic rings. The van der Waals surface area contributed by atoms with Gasteiger partial charge in [-0.15, -0.1) is 21.5 Å². The average Bonchev–Trinajstić information content (AvgIpc) is 3.10. The van der Waals surface area contributed by atoms with Gasteiger partial charge in [-0.1, -0.05) is 17.4 Å². The Kier molecular flexibility index (Phi) is 4.24. The molecule has 0 unspecified atom stereocenters. The van der Waals surface area contributed by atoms with Crippen molar-refractivity contribution in [3.05, 3.63) is 17.5 Å². The van der Waals surface area contributed by atoms with Gasteiger partial charge in [0, 0.05) is 12.6 Å². The number of nitrogens with one attached hydrogen (secondary N) is 3.